The minimum absolute atomic E-state index is 0.0364. The van der Waals surface area contributed by atoms with Crippen LogP contribution < -0.4 is 0 Å². The van der Waals surface area contributed by atoms with E-state index in [0.717, 1.165) is 30.4 Å². The number of carbonyl (C=O) groups excluding carboxylic acids is 1. The fourth-order valence-electron chi connectivity index (χ4n) is 3.17. The third-order valence-electron chi connectivity index (χ3n) is 4.46. The van der Waals surface area contributed by atoms with Crippen molar-refractivity contribution >= 4 is 6.09 Å². The molecule has 3 heteroatoms. The Morgan fingerprint density at radius 3 is 2.24 bits per heavy atom. The lowest BCUT2D eigenvalue weighted by Gasteiger charge is -2.26. The number of rotatable bonds is 5. The van der Waals surface area contributed by atoms with Crippen LogP contribution in [0, 0.1) is 12.0 Å². The summed E-state index contributed by atoms with van der Waals surface area (Å²) >= 11 is 0. The van der Waals surface area contributed by atoms with Crippen molar-refractivity contribution in [2.75, 3.05) is 6.61 Å². The van der Waals surface area contributed by atoms with Crippen molar-refractivity contribution in [3.8, 4) is 12.0 Å². The molecule has 128 valence electrons. The number of nitrogens with zero attached hydrogens (tertiary/aromatic N) is 1. The number of carbonyl (C=O) groups is 1. The van der Waals surface area contributed by atoms with Crippen LogP contribution in [0.4, 0.5) is 4.79 Å². The molecule has 2 aromatic rings. The monoisotopic (exact) mass is 333 g/mol. The molecule has 0 spiro atoms. The van der Waals surface area contributed by atoms with Gasteiger partial charge in [0.25, 0.3) is 0 Å². The highest BCUT2D eigenvalue weighted by molar-refractivity contribution is 5.73. The summed E-state index contributed by atoms with van der Waals surface area (Å²) in [6.45, 7) is 2.49. The number of hydrogen-bond donors (Lipinski definition) is 0. The van der Waals surface area contributed by atoms with Gasteiger partial charge in [-0.05, 0) is 17.5 Å². The van der Waals surface area contributed by atoms with Crippen molar-refractivity contribution in [1.29, 1.82) is 0 Å². The van der Waals surface area contributed by atoms with Gasteiger partial charge < -0.3 is 4.74 Å². The quantitative estimate of drug-likeness (QED) is 0.581. The number of unbranched alkanes of at least 4 members (excludes halogenated alkanes) is 2. The Kier molecular flexibility index (Phi) is 5.74. The number of ether oxygens (including phenoxy) is 1. The molecule has 2 aromatic carbocycles. The number of hydrogen-bond acceptors (Lipinski definition) is 2. The summed E-state index contributed by atoms with van der Waals surface area (Å²) in [5.74, 6) is 3.16. The summed E-state index contributed by atoms with van der Waals surface area (Å²) in [5, 5.41) is 0. The summed E-state index contributed by atoms with van der Waals surface area (Å²) in [5.41, 5.74) is 2.33. The zero-order chi connectivity index (χ0) is 17.5. The smallest absolute Gasteiger partial charge is 0.422 e. The van der Waals surface area contributed by atoms with Crippen LogP contribution in [0.5, 0.6) is 0 Å². The lowest BCUT2D eigenvalue weighted by atomic mass is 9.85. The van der Waals surface area contributed by atoms with E-state index >= 15 is 0 Å². The van der Waals surface area contributed by atoms with E-state index in [1.165, 1.54) is 0 Å². The highest BCUT2D eigenvalue weighted by Gasteiger charge is 2.39. The standard InChI is InChI=1S/C22H23NO2/c1-2-3-4-11-16-23-20(17-25-22(23)24)21(18-12-7-5-8-13-18)19-14-9-6-10-15-19/h5-10,12-15,20-21H,2-4,17H2,1H3/t20-/m0/s1. The molecule has 1 saturated heterocycles. The van der Waals surface area contributed by atoms with Crippen LogP contribution in [0.25, 0.3) is 0 Å². The van der Waals surface area contributed by atoms with E-state index in [-0.39, 0.29) is 18.1 Å². The minimum Gasteiger partial charge on any atom is -0.446 e. The highest BCUT2D eigenvalue weighted by Crippen LogP contribution is 2.33. The van der Waals surface area contributed by atoms with Gasteiger partial charge in [-0.1, -0.05) is 79.9 Å². The molecule has 1 amide bonds. The van der Waals surface area contributed by atoms with E-state index in [0.29, 0.717) is 6.61 Å². The first-order chi connectivity index (χ1) is 12.3. The molecule has 0 saturated carbocycles. The second kappa shape index (κ2) is 8.39. The molecule has 1 aliphatic rings. The topological polar surface area (TPSA) is 29.5 Å². The Morgan fingerprint density at radius 2 is 1.68 bits per heavy atom. The van der Waals surface area contributed by atoms with Gasteiger partial charge in [0.05, 0.1) is 6.04 Å². The zero-order valence-electron chi connectivity index (χ0n) is 14.5. The minimum atomic E-state index is -0.342. The van der Waals surface area contributed by atoms with Crippen LogP contribution in [0.3, 0.4) is 0 Å². The van der Waals surface area contributed by atoms with Crippen molar-refractivity contribution in [3.05, 3.63) is 71.8 Å². The van der Waals surface area contributed by atoms with Gasteiger partial charge >= 0.3 is 6.09 Å². The predicted octanol–water partition coefficient (Wildman–Crippen LogP) is 4.79. The molecule has 0 aliphatic carbocycles. The second-order valence-electron chi connectivity index (χ2n) is 6.21. The lowest BCUT2D eigenvalue weighted by Crippen LogP contribution is -2.35. The third-order valence-corrected chi connectivity index (χ3v) is 4.46. The summed E-state index contributed by atoms with van der Waals surface area (Å²) in [4.78, 5) is 13.8. The average molecular weight is 333 g/mol. The van der Waals surface area contributed by atoms with Crippen LogP contribution in [0.15, 0.2) is 60.7 Å². The molecule has 0 radical (unpaired) electrons. The Hall–Kier alpha value is -2.73. The second-order valence-corrected chi connectivity index (χ2v) is 6.21. The van der Waals surface area contributed by atoms with Crippen LogP contribution in [-0.2, 0) is 4.74 Å². The first kappa shape index (κ1) is 17.1. The fraction of sp³-hybridized carbons (Fsp3) is 0.318. The first-order valence-electron chi connectivity index (χ1n) is 8.85. The Morgan fingerprint density at radius 1 is 1.08 bits per heavy atom. The Balaban J connectivity index is 1.94. The van der Waals surface area contributed by atoms with Crippen molar-refractivity contribution in [3.63, 3.8) is 0 Å². The van der Waals surface area contributed by atoms with E-state index in [4.69, 9.17) is 4.74 Å². The maximum absolute atomic E-state index is 12.2. The third kappa shape index (κ3) is 4.03. The van der Waals surface area contributed by atoms with Gasteiger partial charge in [0.1, 0.15) is 6.61 Å². The Bertz CT molecular complexity index is 706. The summed E-state index contributed by atoms with van der Waals surface area (Å²) in [7, 11) is 0. The van der Waals surface area contributed by atoms with E-state index < -0.39 is 0 Å². The molecular weight excluding hydrogens is 310 g/mol. The van der Waals surface area contributed by atoms with Crippen LogP contribution in [0.2, 0.25) is 0 Å². The van der Waals surface area contributed by atoms with Crippen molar-refractivity contribution < 1.29 is 9.53 Å². The van der Waals surface area contributed by atoms with Crippen LogP contribution in [0.1, 0.15) is 43.2 Å². The molecule has 0 bridgehead atoms. The molecule has 3 nitrogen and oxygen atoms in total. The molecule has 0 unspecified atom stereocenters. The number of amides is 1. The molecular formula is C22H23NO2. The molecule has 25 heavy (non-hydrogen) atoms. The summed E-state index contributed by atoms with van der Waals surface area (Å²) < 4.78 is 5.34. The summed E-state index contributed by atoms with van der Waals surface area (Å²) in [6.07, 6.45) is 2.60. The van der Waals surface area contributed by atoms with E-state index in [2.05, 4.69) is 43.2 Å². The van der Waals surface area contributed by atoms with Crippen LogP contribution >= 0.6 is 0 Å². The van der Waals surface area contributed by atoms with Gasteiger partial charge in [-0.2, -0.15) is 0 Å². The molecule has 0 aromatic heterocycles. The fourth-order valence-corrected chi connectivity index (χ4v) is 3.17. The average Bonchev–Trinajstić information content (AvgIpc) is 3.01. The first-order valence-corrected chi connectivity index (χ1v) is 8.85. The van der Waals surface area contributed by atoms with Crippen molar-refractivity contribution in [1.82, 2.24) is 4.90 Å². The molecule has 1 heterocycles. The van der Waals surface area contributed by atoms with Gasteiger partial charge in [-0.25, -0.2) is 9.69 Å². The maximum Gasteiger partial charge on any atom is 0.422 e. The molecule has 1 aliphatic heterocycles. The maximum atomic E-state index is 12.2. The predicted molar refractivity (Wildman–Crippen MR) is 99.0 cm³/mol. The van der Waals surface area contributed by atoms with Gasteiger partial charge in [0.2, 0.25) is 0 Å². The molecule has 1 fully saturated rings. The highest BCUT2D eigenvalue weighted by atomic mass is 16.6. The van der Waals surface area contributed by atoms with Crippen LogP contribution in [-0.4, -0.2) is 23.6 Å². The zero-order valence-corrected chi connectivity index (χ0v) is 14.5. The van der Waals surface area contributed by atoms with E-state index in [9.17, 15) is 4.79 Å². The van der Waals surface area contributed by atoms with E-state index in [1.54, 1.807) is 4.90 Å². The van der Waals surface area contributed by atoms with Crippen molar-refractivity contribution in [2.45, 2.75) is 38.1 Å². The van der Waals surface area contributed by atoms with Gasteiger partial charge in [-0.3, -0.25) is 0 Å². The van der Waals surface area contributed by atoms with Crippen molar-refractivity contribution in [2.24, 2.45) is 0 Å². The number of cyclic esters (lactones) is 1. The van der Waals surface area contributed by atoms with Gasteiger partial charge in [0, 0.05) is 18.4 Å². The molecule has 1 atom stereocenters. The summed E-state index contributed by atoms with van der Waals surface area (Å²) in [6, 6.07) is 23.4. The molecule has 3 rings (SSSR count). The lowest BCUT2D eigenvalue weighted by molar-refractivity contribution is 0.167. The Labute approximate surface area is 149 Å². The van der Waals surface area contributed by atoms with Gasteiger partial charge in [-0.15, -0.1) is 0 Å². The van der Waals surface area contributed by atoms with E-state index in [1.807, 2.05) is 36.4 Å². The van der Waals surface area contributed by atoms with Gasteiger partial charge in [0.15, 0.2) is 0 Å². The molecule has 0 N–H and O–H groups in total. The SMILES string of the molecule is CCCCC#CN1C(=O)OC[C@H]1C(c1ccccc1)c1ccccc1. The normalized spacial score (nSPS) is 16.5. The largest absolute Gasteiger partial charge is 0.446 e. The number of benzene rings is 2.